The molecule has 0 radical (unpaired) electrons. The van der Waals surface area contributed by atoms with E-state index in [0.29, 0.717) is 23.6 Å². The monoisotopic (exact) mass is 376 g/mol. The Labute approximate surface area is 154 Å². The maximum absolute atomic E-state index is 13.7. The van der Waals surface area contributed by atoms with E-state index in [-0.39, 0.29) is 17.3 Å². The van der Waals surface area contributed by atoms with Gasteiger partial charge in [0.05, 0.1) is 11.7 Å². The van der Waals surface area contributed by atoms with Crippen LogP contribution in [0.15, 0.2) is 36.4 Å². The molecule has 1 aliphatic rings. The number of aromatic nitrogens is 3. The maximum atomic E-state index is 13.7. The molecule has 5 nitrogen and oxygen atoms in total. The van der Waals surface area contributed by atoms with Gasteiger partial charge in [0.1, 0.15) is 5.82 Å². The Morgan fingerprint density at radius 3 is 2.70 bits per heavy atom. The summed E-state index contributed by atoms with van der Waals surface area (Å²) >= 11 is 0. The van der Waals surface area contributed by atoms with Gasteiger partial charge < -0.3 is 10.1 Å². The minimum absolute atomic E-state index is 0.00744. The Kier molecular flexibility index (Phi) is 4.51. The van der Waals surface area contributed by atoms with Crippen LogP contribution >= 0.6 is 0 Å². The summed E-state index contributed by atoms with van der Waals surface area (Å²) in [4.78, 5) is 4.36. The summed E-state index contributed by atoms with van der Waals surface area (Å²) in [6.07, 6.45) is -2.60. The van der Waals surface area contributed by atoms with Crippen molar-refractivity contribution in [2.75, 3.05) is 18.5 Å². The second-order valence-electron chi connectivity index (χ2n) is 6.62. The number of alkyl halides is 3. The molecule has 3 aromatic rings. The van der Waals surface area contributed by atoms with E-state index in [4.69, 9.17) is 4.74 Å². The van der Waals surface area contributed by atoms with Crippen LogP contribution in [-0.4, -0.2) is 33.9 Å². The van der Waals surface area contributed by atoms with Crippen LogP contribution < -0.4 is 5.32 Å². The lowest BCUT2D eigenvalue weighted by Gasteiger charge is -2.13. The number of rotatable bonds is 4. The summed E-state index contributed by atoms with van der Waals surface area (Å²) in [6.45, 7) is 2.99. The topological polar surface area (TPSA) is 51.5 Å². The minimum Gasteiger partial charge on any atom is -0.376 e. The fraction of sp³-hybridized carbons (Fsp3) is 0.368. The number of nitrogens with one attached hydrogen (secondary N) is 1. The van der Waals surface area contributed by atoms with Crippen LogP contribution in [0.1, 0.15) is 24.2 Å². The smallest absolute Gasteiger partial charge is 0.376 e. The zero-order valence-electron chi connectivity index (χ0n) is 14.8. The number of anilines is 1. The number of hydrogen-bond donors (Lipinski definition) is 1. The Bertz CT molecular complexity index is 947. The molecular formula is C19H19F3N4O. The molecule has 27 heavy (non-hydrogen) atoms. The van der Waals surface area contributed by atoms with Crippen molar-refractivity contribution in [3.8, 4) is 11.1 Å². The number of halogens is 3. The molecule has 2 aromatic heterocycles. The summed E-state index contributed by atoms with van der Waals surface area (Å²) in [6, 6.07) is 10.1. The van der Waals surface area contributed by atoms with E-state index in [1.807, 2.05) is 0 Å². The number of fused-ring (bicyclic) bond motifs is 1. The molecule has 0 amide bonds. The quantitative estimate of drug-likeness (QED) is 0.737. The molecule has 0 bridgehead atoms. The highest BCUT2D eigenvalue weighted by Crippen LogP contribution is 2.39. The van der Waals surface area contributed by atoms with E-state index in [1.54, 1.807) is 43.3 Å². The minimum atomic E-state index is -4.58. The number of ether oxygens (including phenoxy) is 1. The van der Waals surface area contributed by atoms with Gasteiger partial charge in [0.2, 0.25) is 0 Å². The van der Waals surface area contributed by atoms with E-state index in [1.165, 1.54) is 4.52 Å². The molecule has 4 rings (SSSR count). The molecule has 1 aromatic carbocycles. The number of nitrogens with zero attached hydrogens (tertiary/aromatic N) is 3. The van der Waals surface area contributed by atoms with Crippen molar-refractivity contribution in [1.82, 2.24) is 14.6 Å². The van der Waals surface area contributed by atoms with Crippen LogP contribution in [0.4, 0.5) is 19.0 Å². The first-order valence-corrected chi connectivity index (χ1v) is 8.82. The molecule has 1 saturated heterocycles. The lowest BCUT2D eigenvalue weighted by molar-refractivity contribution is -0.140. The normalized spacial score (nSPS) is 17.6. The maximum Gasteiger partial charge on any atom is 0.435 e. The average Bonchev–Trinajstić information content (AvgIpc) is 3.27. The molecule has 1 fully saturated rings. The first-order valence-electron chi connectivity index (χ1n) is 8.82. The summed E-state index contributed by atoms with van der Waals surface area (Å²) in [5, 5.41) is 7.05. The van der Waals surface area contributed by atoms with Crippen LogP contribution in [0.2, 0.25) is 0 Å². The summed E-state index contributed by atoms with van der Waals surface area (Å²) in [7, 11) is 0. The van der Waals surface area contributed by atoms with Crippen molar-refractivity contribution in [2.24, 2.45) is 0 Å². The summed E-state index contributed by atoms with van der Waals surface area (Å²) in [5.74, 6) is 0.473. The van der Waals surface area contributed by atoms with Gasteiger partial charge in [0, 0.05) is 24.9 Å². The number of hydrogen-bond acceptors (Lipinski definition) is 4. The van der Waals surface area contributed by atoms with Crippen molar-refractivity contribution >= 4 is 11.5 Å². The SMILES string of the molecule is Cc1cc(NC[C@H]2CCCO2)n2nc(C(F)(F)F)c(-c3ccccc3)c2n1. The van der Waals surface area contributed by atoms with Crippen molar-refractivity contribution in [3.63, 3.8) is 0 Å². The molecule has 1 N–H and O–H groups in total. The van der Waals surface area contributed by atoms with Gasteiger partial charge in [0.15, 0.2) is 11.3 Å². The lowest BCUT2D eigenvalue weighted by Crippen LogP contribution is -2.20. The molecule has 142 valence electrons. The summed E-state index contributed by atoms with van der Waals surface area (Å²) < 4.78 is 47.9. The number of benzene rings is 1. The predicted octanol–water partition coefficient (Wildman–Crippen LogP) is 4.31. The van der Waals surface area contributed by atoms with Gasteiger partial charge in [-0.1, -0.05) is 30.3 Å². The first-order chi connectivity index (χ1) is 12.9. The van der Waals surface area contributed by atoms with E-state index < -0.39 is 11.9 Å². The number of aryl methyl sites for hydroxylation is 1. The van der Waals surface area contributed by atoms with Crippen LogP contribution in [0.3, 0.4) is 0 Å². The van der Waals surface area contributed by atoms with Crippen molar-refractivity contribution in [3.05, 3.63) is 47.8 Å². The van der Waals surface area contributed by atoms with Gasteiger partial charge in [-0.3, -0.25) is 0 Å². The van der Waals surface area contributed by atoms with Gasteiger partial charge in [-0.15, -0.1) is 0 Å². The largest absolute Gasteiger partial charge is 0.435 e. The third-order valence-corrected chi connectivity index (χ3v) is 4.58. The zero-order chi connectivity index (χ0) is 19.0. The van der Waals surface area contributed by atoms with Crippen LogP contribution in [-0.2, 0) is 10.9 Å². The Morgan fingerprint density at radius 1 is 1.26 bits per heavy atom. The van der Waals surface area contributed by atoms with Crippen LogP contribution in [0.25, 0.3) is 16.8 Å². The van der Waals surface area contributed by atoms with E-state index in [9.17, 15) is 13.2 Å². The summed E-state index contributed by atoms with van der Waals surface area (Å²) in [5.41, 5.74) is 0.286. The Balaban J connectivity index is 1.85. The Morgan fingerprint density at radius 2 is 2.04 bits per heavy atom. The molecular weight excluding hydrogens is 357 g/mol. The molecule has 0 unspecified atom stereocenters. The first kappa shape index (κ1) is 17.8. The van der Waals surface area contributed by atoms with Crippen molar-refractivity contribution in [2.45, 2.75) is 32.0 Å². The zero-order valence-corrected chi connectivity index (χ0v) is 14.8. The molecule has 0 saturated carbocycles. The molecule has 1 atom stereocenters. The van der Waals surface area contributed by atoms with Crippen molar-refractivity contribution in [1.29, 1.82) is 0 Å². The van der Waals surface area contributed by atoms with Crippen LogP contribution in [0, 0.1) is 6.92 Å². The van der Waals surface area contributed by atoms with Crippen molar-refractivity contribution < 1.29 is 17.9 Å². The molecule has 0 aliphatic carbocycles. The fourth-order valence-electron chi connectivity index (χ4n) is 3.36. The van der Waals surface area contributed by atoms with Gasteiger partial charge in [-0.25, -0.2) is 4.98 Å². The second-order valence-corrected chi connectivity index (χ2v) is 6.62. The highest BCUT2D eigenvalue weighted by molar-refractivity contribution is 5.81. The molecule has 3 heterocycles. The molecule has 0 spiro atoms. The molecule has 8 heteroatoms. The van der Waals surface area contributed by atoms with Gasteiger partial charge in [0.25, 0.3) is 0 Å². The van der Waals surface area contributed by atoms with E-state index in [0.717, 1.165) is 19.4 Å². The van der Waals surface area contributed by atoms with Gasteiger partial charge in [-0.2, -0.15) is 22.8 Å². The molecule has 1 aliphatic heterocycles. The highest BCUT2D eigenvalue weighted by Gasteiger charge is 2.39. The van der Waals surface area contributed by atoms with Crippen LogP contribution in [0.5, 0.6) is 0 Å². The second kappa shape index (κ2) is 6.84. The average molecular weight is 376 g/mol. The van der Waals surface area contributed by atoms with Gasteiger partial charge >= 0.3 is 6.18 Å². The third-order valence-electron chi connectivity index (χ3n) is 4.58. The van der Waals surface area contributed by atoms with E-state index in [2.05, 4.69) is 15.4 Å². The highest BCUT2D eigenvalue weighted by atomic mass is 19.4. The Hall–Kier alpha value is -2.61. The predicted molar refractivity (Wildman–Crippen MR) is 95.6 cm³/mol. The standard InChI is InChI=1S/C19H19F3N4O/c1-12-10-15(23-11-14-8-5-9-27-14)26-18(24-12)16(13-6-3-2-4-7-13)17(25-26)19(20,21)22/h2-4,6-7,10,14,23H,5,8-9,11H2,1H3/t14-/m1/s1. The van der Waals surface area contributed by atoms with E-state index >= 15 is 0 Å². The van der Waals surface area contributed by atoms with Gasteiger partial charge in [-0.05, 0) is 25.3 Å². The fourth-order valence-corrected chi connectivity index (χ4v) is 3.36. The third kappa shape index (κ3) is 3.49. The lowest BCUT2D eigenvalue weighted by atomic mass is 10.1.